The van der Waals surface area contributed by atoms with Crippen LogP contribution >= 0.6 is 0 Å². The fourth-order valence-electron chi connectivity index (χ4n) is 3.39. The van der Waals surface area contributed by atoms with Crippen LogP contribution in [0, 0.1) is 5.82 Å². The first-order valence-electron chi connectivity index (χ1n) is 8.00. The molecular formula is C19H16FNO3S. The molecule has 4 rings (SSSR count). The van der Waals surface area contributed by atoms with Gasteiger partial charge in [0.25, 0.3) is 0 Å². The first kappa shape index (κ1) is 16.2. The number of aromatic nitrogens is 1. The molecule has 1 unspecified atom stereocenters. The topological polar surface area (TPSA) is 59.3 Å². The van der Waals surface area contributed by atoms with Gasteiger partial charge in [0.05, 0.1) is 15.7 Å². The molecule has 128 valence electrons. The Bertz CT molecular complexity index is 1010. The number of hydrogen-bond donors (Lipinski definition) is 1. The average molecular weight is 357 g/mol. The average Bonchev–Trinajstić information content (AvgIpc) is 3.14. The highest BCUT2D eigenvalue weighted by atomic mass is 32.2. The Kier molecular flexibility index (Phi) is 4.01. The molecule has 1 N–H and O–H groups in total. The Morgan fingerprint density at radius 2 is 1.96 bits per heavy atom. The second-order valence-electron chi connectivity index (χ2n) is 6.10. The lowest BCUT2D eigenvalue weighted by atomic mass is 10.1. The standard InChI is InChI=1S/C19H16FNO3S/c20-14-5-6-16-15(9-14)19-17(7-8-25(19)24)21(16)10-12-1-3-13(4-2-12)18(23)11-22/h1-6,9,22H,7-8,10-11H2. The molecule has 1 aromatic heterocycles. The van der Waals surface area contributed by atoms with Gasteiger partial charge in [-0.15, -0.1) is 0 Å². The number of halogens is 1. The van der Waals surface area contributed by atoms with Gasteiger partial charge >= 0.3 is 0 Å². The van der Waals surface area contributed by atoms with Crippen LogP contribution in [0.25, 0.3) is 10.9 Å². The van der Waals surface area contributed by atoms with E-state index < -0.39 is 17.4 Å². The van der Waals surface area contributed by atoms with Crippen LogP contribution in [0.15, 0.2) is 47.4 Å². The normalized spacial score (nSPS) is 16.3. The predicted molar refractivity (Wildman–Crippen MR) is 93.8 cm³/mol. The van der Waals surface area contributed by atoms with E-state index in [4.69, 9.17) is 5.11 Å². The van der Waals surface area contributed by atoms with Gasteiger partial charge in [-0.25, -0.2) is 4.39 Å². The maximum atomic E-state index is 13.7. The van der Waals surface area contributed by atoms with Gasteiger partial charge in [-0.2, -0.15) is 0 Å². The number of aliphatic hydroxyl groups is 1. The molecule has 6 heteroatoms. The molecule has 0 bridgehead atoms. The summed E-state index contributed by atoms with van der Waals surface area (Å²) >= 11 is 0. The van der Waals surface area contributed by atoms with Gasteiger partial charge in [-0.3, -0.25) is 9.00 Å². The minimum atomic E-state index is -1.09. The van der Waals surface area contributed by atoms with Crippen LogP contribution in [0.5, 0.6) is 0 Å². The van der Waals surface area contributed by atoms with Gasteiger partial charge in [-0.05, 0) is 23.8 Å². The zero-order valence-electron chi connectivity index (χ0n) is 13.4. The highest BCUT2D eigenvalue weighted by Crippen LogP contribution is 2.35. The third-order valence-electron chi connectivity index (χ3n) is 4.59. The summed E-state index contributed by atoms with van der Waals surface area (Å²) < 4.78 is 28.1. The summed E-state index contributed by atoms with van der Waals surface area (Å²) in [5, 5.41) is 9.64. The molecule has 0 aliphatic carbocycles. The number of carbonyl (C=O) groups excluding carboxylic acids is 1. The molecule has 0 spiro atoms. The van der Waals surface area contributed by atoms with E-state index in [2.05, 4.69) is 4.57 Å². The summed E-state index contributed by atoms with van der Waals surface area (Å²) in [5.74, 6) is -0.0749. The third-order valence-corrected chi connectivity index (χ3v) is 6.08. The number of carbonyl (C=O) groups is 1. The summed E-state index contributed by atoms with van der Waals surface area (Å²) in [4.78, 5) is 12.3. The Balaban J connectivity index is 1.77. The molecule has 2 aromatic carbocycles. The minimum Gasteiger partial charge on any atom is -0.388 e. The second kappa shape index (κ2) is 6.20. The minimum absolute atomic E-state index is 0.315. The smallest absolute Gasteiger partial charge is 0.188 e. The zero-order valence-corrected chi connectivity index (χ0v) is 14.2. The van der Waals surface area contributed by atoms with E-state index in [1.807, 2.05) is 12.1 Å². The largest absolute Gasteiger partial charge is 0.388 e. The van der Waals surface area contributed by atoms with Crippen molar-refractivity contribution in [3.05, 3.63) is 65.1 Å². The summed E-state index contributed by atoms with van der Waals surface area (Å²) in [6, 6.07) is 11.7. The molecule has 1 aliphatic rings. The van der Waals surface area contributed by atoms with Crippen molar-refractivity contribution in [1.29, 1.82) is 0 Å². The van der Waals surface area contributed by atoms with Crippen molar-refractivity contribution in [2.45, 2.75) is 17.9 Å². The Labute approximate surface area is 146 Å². The lowest BCUT2D eigenvalue weighted by Gasteiger charge is -2.10. The number of hydrogen-bond acceptors (Lipinski definition) is 3. The van der Waals surface area contributed by atoms with Crippen molar-refractivity contribution in [2.75, 3.05) is 12.4 Å². The van der Waals surface area contributed by atoms with E-state index in [0.29, 0.717) is 24.3 Å². The molecule has 1 aliphatic heterocycles. The quantitative estimate of drug-likeness (QED) is 0.731. The summed E-state index contributed by atoms with van der Waals surface area (Å²) in [6.45, 7) is 0.0503. The molecule has 25 heavy (non-hydrogen) atoms. The van der Waals surface area contributed by atoms with Crippen LogP contribution in [-0.4, -0.2) is 32.0 Å². The van der Waals surface area contributed by atoms with Crippen molar-refractivity contribution >= 4 is 27.5 Å². The first-order valence-corrected chi connectivity index (χ1v) is 9.32. The molecule has 0 fully saturated rings. The summed E-state index contributed by atoms with van der Waals surface area (Å²) in [5.41, 5.74) is 3.32. The monoisotopic (exact) mass is 357 g/mol. The molecule has 4 nitrogen and oxygen atoms in total. The van der Waals surface area contributed by atoms with Crippen molar-refractivity contribution in [1.82, 2.24) is 4.57 Å². The molecule has 3 aromatic rings. The zero-order chi connectivity index (χ0) is 17.6. The van der Waals surface area contributed by atoms with Crippen LogP contribution < -0.4 is 0 Å². The number of ketones is 1. The van der Waals surface area contributed by atoms with E-state index in [1.54, 1.807) is 18.2 Å². The van der Waals surface area contributed by atoms with Gasteiger partial charge in [-0.1, -0.05) is 24.3 Å². The van der Waals surface area contributed by atoms with Crippen LogP contribution in [0.4, 0.5) is 4.39 Å². The Morgan fingerprint density at radius 1 is 1.20 bits per heavy atom. The SMILES string of the molecule is O=C(CO)c1ccc(Cn2c3c(c4cc(F)ccc42)S(=O)CC3)cc1. The van der Waals surface area contributed by atoms with Gasteiger partial charge in [0.15, 0.2) is 5.78 Å². The molecule has 0 radical (unpaired) electrons. The maximum absolute atomic E-state index is 13.7. The van der Waals surface area contributed by atoms with E-state index >= 15 is 0 Å². The molecule has 0 amide bonds. The van der Waals surface area contributed by atoms with Gasteiger partial charge in [0.2, 0.25) is 0 Å². The van der Waals surface area contributed by atoms with Crippen molar-refractivity contribution in [3.63, 3.8) is 0 Å². The van der Waals surface area contributed by atoms with E-state index in [9.17, 15) is 13.4 Å². The van der Waals surface area contributed by atoms with Gasteiger partial charge in [0.1, 0.15) is 12.4 Å². The lowest BCUT2D eigenvalue weighted by molar-refractivity contribution is 0.0903. The molecule has 0 saturated heterocycles. The van der Waals surface area contributed by atoms with Crippen LogP contribution in [-0.2, 0) is 23.8 Å². The van der Waals surface area contributed by atoms with E-state index in [-0.39, 0.29) is 11.6 Å². The van der Waals surface area contributed by atoms with E-state index in [1.165, 1.54) is 12.1 Å². The lowest BCUT2D eigenvalue weighted by Crippen LogP contribution is -2.06. The Morgan fingerprint density at radius 3 is 2.68 bits per heavy atom. The highest BCUT2D eigenvalue weighted by Gasteiger charge is 2.27. The molecule has 1 atom stereocenters. The molecular weight excluding hydrogens is 341 g/mol. The summed E-state index contributed by atoms with van der Waals surface area (Å²) in [7, 11) is -1.09. The Hall–Kier alpha value is -2.31. The number of rotatable bonds is 4. The predicted octanol–water partition coefficient (Wildman–Crippen LogP) is 2.67. The number of Topliss-reactive ketones (excluding diaryl/α,β-unsaturated/α-hetero) is 1. The molecule has 2 heterocycles. The van der Waals surface area contributed by atoms with Gasteiger partial charge < -0.3 is 9.67 Å². The van der Waals surface area contributed by atoms with Crippen LogP contribution in [0.1, 0.15) is 21.6 Å². The maximum Gasteiger partial charge on any atom is 0.188 e. The summed E-state index contributed by atoms with van der Waals surface area (Å²) in [6.07, 6.45) is 0.708. The number of benzene rings is 2. The third kappa shape index (κ3) is 2.71. The highest BCUT2D eigenvalue weighted by molar-refractivity contribution is 7.85. The fourth-order valence-corrected chi connectivity index (χ4v) is 4.86. The van der Waals surface area contributed by atoms with Crippen molar-refractivity contribution in [3.8, 4) is 0 Å². The first-order chi connectivity index (χ1) is 12.1. The fraction of sp³-hybridized carbons (Fsp3) is 0.211. The second-order valence-corrected chi connectivity index (χ2v) is 7.61. The van der Waals surface area contributed by atoms with Crippen molar-refractivity contribution < 1.29 is 18.5 Å². The van der Waals surface area contributed by atoms with E-state index in [0.717, 1.165) is 27.1 Å². The van der Waals surface area contributed by atoms with Crippen LogP contribution in [0.3, 0.4) is 0 Å². The number of fused-ring (bicyclic) bond motifs is 3. The number of aliphatic hydroxyl groups excluding tert-OH is 1. The number of nitrogens with zero attached hydrogens (tertiary/aromatic N) is 1. The molecule has 0 saturated carbocycles. The van der Waals surface area contributed by atoms with Crippen LogP contribution in [0.2, 0.25) is 0 Å². The van der Waals surface area contributed by atoms with Gasteiger partial charge in [0, 0.05) is 40.9 Å². The van der Waals surface area contributed by atoms with Crippen molar-refractivity contribution in [2.24, 2.45) is 0 Å².